The minimum Gasteiger partial charge on any atom is -0.486 e. The van der Waals surface area contributed by atoms with Gasteiger partial charge in [-0.15, -0.1) is 11.8 Å². The Balaban J connectivity index is 1.63. The summed E-state index contributed by atoms with van der Waals surface area (Å²) >= 11 is 1.78. The fourth-order valence-electron chi connectivity index (χ4n) is 3.36. The standard InChI is InChI=1S/C17H25NO2S/c1-12-4-3-5-13(12)10-18-11-14-8-15-16(9-17(14)21-2)20-7-6-19-15/h8-9,12-13,18H,3-7,10-11H2,1-2H3. The number of fused-ring (bicyclic) bond motifs is 1. The molecule has 1 saturated carbocycles. The Kier molecular flexibility index (Phi) is 4.96. The zero-order chi connectivity index (χ0) is 14.7. The summed E-state index contributed by atoms with van der Waals surface area (Å²) in [7, 11) is 0. The van der Waals surface area contributed by atoms with Crippen molar-refractivity contribution in [2.75, 3.05) is 26.0 Å². The smallest absolute Gasteiger partial charge is 0.162 e. The Morgan fingerprint density at radius 2 is 1.95 bits per heavy atom. The van der Waals surface area contributed by atoms with E-state index in [-0.39, 0.29) is 0 Å². The molecule has 2 aliphatic rings. The van der Waals surface area contributed by atoms with E-state index >= 15 is 0 Å². The van der Waals surface area contributed by atoms with Crippen molar-refractivity contribution >= 4 is 11.8 Å². The summed E-state index contributed by atoms with van der Waals surface area (Å²) in [5.41, 5.74) is 1.32. The molecular weight excluding hydrogens is 282 g/mol. The van der Waals surface area contributed by atoms with Crippen molar-refractivity contribution < 1.29 is 9.47 Å². The normalized spacial score (nSPS) is 24.3. The van der Waals surface area contributed by atoms with Gasteiger partial charge in [0.25, 0.3) is 0 Å². The summed E-state index contributed by atoms with van der Waals surface area (Å²) in [6.45, 7) is 5.73. The molecule has 0 radical (unpaired) electrons. The average molecular weight is 307 g/mol. The van der Waals surface area contributed by atoms with E-state index < -0.39 is 0 Å². The molecule has 0 aromatic heterocycles. The zero-order valence-electron chi connectivity index (χ0n) is 13.0. The van der Waals surface area contributed by atoms with Gasteiger partial charge in [0, 0.05) is 11.4 Å². The zero-order valence-corrected chi connectivity index (χ0v) is 13.8. The predicted molar refractivity (Wildman–Crippen MR) is 87.4 cm³/mol. The molecule has 4 heteroatoms. The molecular formula is C17H25NO2S. The van der Waals surface area contributed by atoms with Crippen molar-refractivity contribution in [3.63, 3.8) is 0 Å². The van der Waals surface area contributed by atoms with E-state index in [2.05, 4.69) is 30.6 Å². The SMILES string of the molecule is CSc1cc2c(cc1CNCC1CCCC1C)OCCO2. The second kappa shape index (κ2) is 6.93. The highest BCUT2D eigenvalue weighted by Gasteiger charge is 2.23. The Labute approximate surface area is 131 Å². The Morgan fingerprint density at radius 3 is 2.62 bits per heavy atom. The van der Waals surface area contributed by atoms with Crippen LogP contribution in [0, 0.1) is 11.8 Å². The maximum atomic E-state index is 5.70. The van der Waals surface area contributed by atoms with Crippen molar-refractivity contribution in [3.05, 3.63) is 17.7 Å². The largest absolute Gasteiger partial charge is 0.486 e. The molecule has 0 bridgehead atoms. The van der Waals surface area contributed by atoms with E-state index in [0.717, 1.165) is 36.4 Å². The molecule has 0 saturated heterocycles. The third kappa shape index (κ3) is 3.49. The fourth-order valence-corrected chi connectivity index (χ4v) is 3.98. The minimum atomic E-state index is 0.651. The Morgan fingerprint density at radius 1 is 1.19 bits per heavy atom. The van der Waals surface area contributed by atoms with Gasteiger partial charge in [0.2, 0.25) is 0 Å². The molecule has 0 amide bonds. The molecule has 1 heterocycles. The van der Waals surface area contributed by atoms with Crippen LogP contribution in [0.15, 0.2) is 17.0 Å². The second-order valence-corrected chi connectivity index (χ2v) is 6.95. The summed E-state index contributed by atoms with van der Waals surface area (Å²) in [5.74, 6) is 3.50. The molecule has 0 spiro atoms. The van der Waals surface area contributed by atoms with Gasteiger partial charge in [0.05, 0.1) is 0 Å². The topological polar surface area (TPSA) is 30.5 Å². The van der Waals surface area contributed by atoms with Crippen LogP contribution in [-0.2, 0) is 6.54 Å². The van der Waals surface area contributed by atoms with Crippen LogP contribution in [0.2, 0.25) is 0 Å². The summed E-state index contributed by atoms with van der Waals surface area (Å²) in [5, 5.41) is 3.65. The number of hydrogen-bond donors (Lipinski definition) is 1. The van der Waals surface area contributed by atoms with Crippen LogP contribution in [0.4, 0.5) is 0 Å². The van der Waals surface area contributed by atoms with E-state index in [1.165, 1.54) is 29.7 Å². The van der Waals surface area contributed by atoms with Crippen LogP contribution >= 0.6 is 11.8 Å². The molecule has 116 valence electrons. The van der Waals surface area contributed by atoms with Crippen LogP contribution in [0.1, 0.15) is 31.7 Å². The fraction of sp³-hybridized carbons (Fsp3) is 0.647. The van der Waals surface area contributed by atoms with E-state index in [1.807, 2.05) is 0 Å². The van der Waals surface area contributed by atoms with Crippen LogP contribution in [0.25, 0.3) is 0 Å². The highest BCUT2D eigenvalue weighted by Crippen LogP contribution is 2.36. The lowest BCUT2D eigenvalue weighted by molar-refractivity contribution is 0.171. The van der Waals surface area contributed by atoms with Gasteiger partial charge < -0.3 is 14.8 Å². The van der Waals surface area contributed by atoms with E-state index in [1.54, 1.807) is 11.8 Å². The van der Waals surface area contributed by atoms with Gasteiger partial charge in [0.1, 0.15) is 13.2 Å². The Bertz CT molecular complexity index is 492. The van der Waals surface area contributed by atoms with Gasteiger partial charge in [-0.2, -0.15) is 0 Å². The first-order valence-electron chi connectivity index (χ1n) is 7.95. The average Bonchev–Trinajstić information content (AvgIpc) is 2.92. The molecule has 21 heavy (non-hydrogen) atoms. The molecule has 1 aliphatic heterocycles. The number of benzene rings is 1. The van der Waals surface area contributed by atoms with Gasteiger partial charge in [-0.1, -0.05) is 19.8 Å². The number of ether oxygens (including phenoxy) is 2. The monoisotopic (exact) mass is 307 g/mol. The highest BCUT2D eigenvalue weighted by atomic mass is 32.2. The lowest BCUT2D eigenvalue weighted by Gasteiger charge is -2.21. The van der Waals surface area contributed by atoms with Gasteiger partial charge in [-0.25, -0.2) is 0 Å². The molecule has 1 aliphatic carbocycles. The lowest BCUT2D eigenvalue weighted by atomic mass is 9.98. The third-order valence-electron chi connectivity index (χ3n) is 4.71. The van der Waals surface area contributed by atoms with E-state index in [9.17, 15) is 0 Å². The van der Waals surface area contributed by atoms with Gasteiger partial charge in [-0.3, -0.25) is 0 Å². The van der Waals surface area contributed by atoms with Gasteiger partial charge >= 0.3 is 0 Å². The van der Waals surface area contributed by atoms with Crippen molar-refractivity contribution in [3.8, 4) is 11.5 Å². The molecule has 1 N–H and O–H groups in total. The minimum absolute atomic E-state index is 0.651. The van der Waals surface area contributed by atoms with Crippen LogP contribution in [0.5, 0.6) is 11.5 Å². The van der Waals surface area contributed by atoms with Gasteiger partial charge in [-0.05, 0) is 48.8 Å². The third-order valence-corrected chi connectivity index (χ3v) is 5.53. The molecule has 3 rings (SSSR count). The molecule has 2 atom stereocenters. The van der Waals surface area contributed by atoms with Crippen LogP contribution in [0.3, 0.4) is 0 Å². The van der Waals surface area contributed by atoms with E-state index in [0.29, 0.717) is 13.2 Å². The molecule has 1 aromatic carbocycles. The summed E-state index contributed by atoms with van der Waals surface area (Å²) in [4.78, 5) is 1.28. The molecule has 2 unspecified atom stereocenters. The predicted octanol–water partition coefficient (Wildman–Crippen LogP) is 3.71. The number of thioether (sulfide) groups is 1. The highest BCUT2D eigenvalue weighted by molar-refractivity contribution is 7.98. The first kappa shape index (κ1) is 15.0. The van der Waals surface area contributed by atoms with Gasteiger partial charge in [0.15, 0.2) is 11.5 Å². The van der Waals surface area contributed by atoms with Crippen LogP contribution in [-0.4, -0.2) is 26.0 Å². The Hall–Kier alpha value is -0.870. The first-order valence-corrected chi connectivity index (χ1v) is 9.17. The van der Waals surface area contributed by atoms with Crippen molar-refractivity contribution in [2.24, 2.45) is 11.8 Å². The second-order valence-electron chi connectivity index (χ2n) is 6.11. The number of nitrogens with one attached hydrogen (secondary N) is 1. The summed E-state index contributed by atoms with van der Waals surface area (Å²) in [6, 6.07) is 4.26. The summed E-state index contributed by atoms with van der Waals surface area (Å²) in [6.07, 6.45) is 6.29. The molecule has 3 nitrogen and oxygen atoms in total. The van der Waals surface area contributed by atoms with Crippen molar-refractivity contribution in [1.29, 1.82) is 0 Å². The summed E-state index contributed by atoms with van der Waals surface area (Å²) < 4.78 is 11.4. The molecule has 1 fully saturated rings. The number of hydrogen-bond acceptors (Lipinski definition) is 4. The van der Waals surface area contributed by atoms with Crippen molar-refractivity contribution in [1.82, 2.24) is 5.32 Å². The lowest BCUT2D eigenvalue weighted by Crippen LogP contribution is -2.24. The maximum absolute atomic E-state index is 5.70. The maximum Gasteiger partial charge on any atom is 0.162 e. The molecule has 1 aromatic rings. The quantitative estimate of drug-likeness (QED) is 0.840. The van der Waals surface area contributed by atoms with Crippen molar-refractivity contribution in [2.45, 2.75) is 37.6 Å². The first-order chi connectivity index (χ1) is 10.3. The van der Waals surface area contributed by atoms with Crippen LogP contribution < -0.4 is 14.8 Å². The van der Waals surface area contributed by atoms with E-state index in [4.69, 9.17) is 9.47 Å². The number of rotatable bonds is 5.